The van der Waals surface area contributed by atoms with E-state index in [4.69, 9.17) is 4.74 Å². The highest BCUT2D eigenvalue weighted by atomic mass is 32.2. The molecule has 5 heteroatoms. The van der Waals surface area contributed by atoms with Crippen molar-refractivity contribution in [1.82, 2.24) is 4.90 Å². The molecule has 22 heavy (non-hydrogen) atoms. The predicted octanol–water partition coefficient (Wildman–Crippen LogP) is 3.63. The summed E-state index contributed by atoms with van der Waals surface area (Å²) < 4.78 is 5.50. The number of amides is 1. The lowest BCUT2D eigenvalue weighted by molar-refractivity contribution is -0.00272. The van der Waals surface area contributed by atoms with Crippen LogP contribution in [-0.4, -0.2) is 44.5 Å². The second-order valence-electron chi connectivity index (χ2n) is 7.04. The van der Waals surface area contributed by atoms with Gasteiger partial charge in [-0.3, -0.25) is 4.90 Å². The summed E-state index contributed by atoms with van der Waals surface area (Å²) in [5.41, 5.74) is -0.553. The maximum Gasteiger partial charge on any atom is 0.411 e. The first kappa shape index (κ1) is 19.2. The minimum Gasteiger partial charge on any atom is -0.444 e. The molecule has 1 amide bonds. The molecule has 0 bridgehead atoms. The van der Waals surface area contributed by atoms with Gasteiger partial charge in [0.2, 0.25) is 0 Å². The molecule has 0 unspecified atom stereocenters. The molecule has 0 aliphatic carbocycles. The van der Waals surface area contributed by atoms with E-state index < -0.39 is 16.6 Å². The second-order valence-corrected chi connectivity index (χ2v) is 8.67. The molecule has 1 rings (SSSR count). The Balaban J connectivity index is 2.84. The largest absolute Gasteiger partial charge is 0.444 e. The highest BCUT2D eigenvalue weighted by Crippen LogP contribution is 2.40. The van der Waals surface area contributed by atoms with E-state index in [-0.39, 0.29) is 12.1 Å². The molecule has 1 fully saturated rings. The Morgan fingerprint density at radius 1 is 1.50 bits per heavy atom. The molecule has 1 N–H and O–H groups in total. The normalized spacial score (nSPS) is 22.0. The number of carbonyl (C=O) groups is 1. The fraction of sp³-hybridized carbons (Fsp3) is 0.824. The van der Waals surface area contributed by atoms with Crippen molar-refractivity contribution in [1.29, 1.82) is 0 Å². The Bertz CT molecular complexity index is 445. The third-order valence-electron chi connectivity index (χ3n) is 3.38. The first-order valence-electron chi connectivity index (χ1n) is 7.91. The summed E-state index contributed by atoms with van der Waals surface area (Å²) in [6.07, 6.45) is 1.67. The third-order valence-corrected chi connectivity index (χ3v) is 4.79. The zero-order valence-corrected chi connectivity index (χ0v) is 15.4. The SMILES string of the molecule is CCCCC#C[C@H](O)[C@@H]1CSC(C)(C)N1C(=O)OC(C)(C)C. The van der Waals surface area contributed by atoms with E-state index in [2.05, 4.69) is 18.8 Å². The quantitative estimate of drug-likeness (QED) is 0.635. The van der Waals surface area contributed by atoms with Crippen LogP contribution in [0.15, 0.2) is 0 Å². The summed E-state index contributed by atoms with van der Waals surface area (Å²) in [7, 11) is 0. The topological polar surface area (TPSA) is 49.8 Å². The average Bonchev–Trinajstić information content (AvgIpc) is 2.68. The maximum absolute atomic E-state index is 12.5. The van der Waals surface area contributed by atoms with Crippen molar-refractivity contribution < 1.29 is 14.6 Å². The number of carbonyl (C=O) groups excluding carboxylic acids is 1. The lowest BCUT2D eigenvalue weighted by Crippen LogP contribution is -2.52. The summed E-state index contributed by atoms with van der Waals surface area (Å²) in [4.78, 5) is 13.7. The third kappa shape index (κ3) is 5.40. The number of nitrogens with zero attached hydrogens (tertiary/aromatic N) is 1. The molecule has 1 aliphatic rings. The number of unbranched alkanes of at least 4 members (excludes halogenated alkanes) is 2. The van der Waals surface area contributed by atoms with Gasteiger partial charge in [0.1, 0.15) is 11.7 Å². The van der Waals surface area contributed by atoms with Gasteiger partial charge in [-0.15, -0.1) is 17.7 Å². The number of thioether (sulfide) groups is 1. The van der Waals surface area contributed by atoms with Crippen molar-refractivity contribution in [3.63, 3.8) is 0 Å². The Hall–Kier alpha value is -0.860. The molecular formula is C17H29NO3S. The van der Waals surface area contributed by atoms with Crippen molar-refractivity contribution >= 4 is 17.9 Å². The van der Waals surface area contributed by atoms with Gasteiger partial charge in [0.25, 0.3) is 0 Å². The van der Waals surface area contributed by atoms with Gasteiger partial charge in [-0.2, -0.15) is 0 Å². The summed E-state index contributed by atoms with van der Waals surface area (Å²) in [5.74, 6) is 6.56. The lowest BCUT2D eigenvalue weighted by atomic mass is 10.1. The van der Waals surface area contributed by atoms with Crippen molar-refractivity contribution in [2.24, 2.45) is 0 Å². The summed E-state index contributed by atoms with van der Waals surface area (Å²) in [5, 5.41) is 10.4. The van der Waals surface area contributed by atoms with Crippen LogP contribution in [0.4, 0.5) is 4.79 Å². The van der Waals surface area contributed by atoms with Crippen LogP contribution in [0.3, 0.4) is 0 Å². The summed E-state index contributed by atoms with van der Waals surface area (Å²) in [6, 6.07) is -0.330. The number of ether oxygens (including phenoxy) is 1. The van der Waals surface area contributed by atoms with E-state index in [1.165, 1.54) is 0 Å². The Morgan fingerprint density at radius 2 is 2.14 bits per heavy atom. The molecule has 126 valence electrons. The smallest absolute Gasteiger partial charge is 0.411 e. The fourth-order valence-electron chi connectivity index (χ4n) is 2.27. The van der Waals surface area contributed by atoms with Gasteiger partial charge in [-0.25, -0.2) is 4.79 Å². The number of hydrogen-bond donors (Lipinski definition) is 1. The van der Waals surface area contributed by atoms with E-state index in [1.54, 1.807) is 16.7 Å². The molecule has 0 aromatic heterocycles. The van der Waals surface area contributed by atoms with Crippen LogP contribution in [0.2, 0.25) is 0 Å². The van der Waals surface area contributed by atoms with Gasteiger partial charge in [-0.1, -0.05) is 19.3 Å². The maximum atomic E-state index is 12.5. The zero-order valence-electron chi connectivity index (χ0n) is 14.6. The lowest BCUT2D eigenvalue weighted by Gasteiger charge is -2.36. The minimum atomic E-state index is -0.835. The molecule has 2 atom stereocenters. The molecule has 1 saturated heterocycles. The van der Waals surface area contributed by atoms with Crippen LogP contribution in [0.5, 0.6) is 0 Å². The molecule has 4 nitrogen and oxygen atoms in total. The van der Waals surface area contributed by atoms with Gasteiger partial charge < -0.3 is 9.84 Å². The van der Waals surface area contributed by atoms with Gasteiger partial charge in [-0.05, 0) is 41.0 Å². The van der Waals surface area contributed by atoms with Gasteiger partial charge >= 0.3 is 6.09 Å². The summed E-state index contributed by atoms with van der Waals surface area (Å²) >= 11 is 1.64. The predicted molar refractivity (Wildman–Crippen MR) is 91.7 cm³/mol. The molecule has 0 saturated carbocycles. The molecule has 1 heterocycles. The van der Waals surface area contributed by atoms with Crippen LogP contribution in [0.1, 0.15) is 60.8 Å². The van der Waals surface area contributed by atoms with Crippen molar-refractivity contribution in [3.05, 3.63) is 0 Å². The zero-order chi connectivity index (χ0) is 17.0. The Kier molecular flexibility index (Phi) is 6.64. The van der Waals surface area contributed by atoms with E-state index in [1.807, 2.05) is 34.6 Å². The van der Waals surface area contributed by atoms with Crippen LogP contribution in [0, 0.1) is 11.8 Å². The number of rotatable bonds is 3. The van der Waals surface area contributed by atoms with Crippen LogP contribution < -0.4 is 0 Å². The van der Waals surface area contributed by atoms with E-state index in [0.717, 1.165) is 19.3 Å². The van der Waals surface area contributed by atoms with Crippen LogP contribution in [0.25, 0.3) is 0 Å². The van der Waals surface area contributed by atoms with E-state index >= 15 is 0 Å². The monoisotopic (exact) mass is 327 g/mol. The fourth-order valence-corrected chi connectivity index (χ4v) is 3.53. The number of aliphatic hydroxyl groups is 1. The minimum absolute atomic E-state index is 0.330. The highest BCUT2D eigenvalue weighted by molar-refractivity contribution is 8.00. The Morgan fingerprint density at radius 3 is 2.68 bits per heavy atom. The first-order valence-corrected chi connectivity index (χ1v) is 8.90. The number of hydrogen-bond acceptors (Lipinski definition) is 4. The van der Waals surface area contributed by atoms with Crippen LogP contribution >= 0.6 is 11.8 Å². The van der Waals surface area contributed by atoms with E-state index in [0.29, 0.717) is 5.75 Å². The van der Waals surface area contributed by atoms with Crippen LogP contribution in [-0.2, 0) is 4.74 Å². The molecule has 0 spiro atoms. The molecule has 0 aromatic carbocycles. The van der Waals surface area contributed by atoms with Gasteiger partial charge in [0, 0.05) is 12.2 Å². The summed E-state index contributed by atoms with van der Waals surface area (Å²) in [6.45, 7) is 11.6. The average molecular weight is 327 g/mol. The standard InChI is InChI=1S/C17H29NO3S/c1-7-8-9-10-11-14(19)13-12-22-17(5,6)18(13)15(20)21-16(2,3)4/h13-14,19H,7-9,12H2,1-6H3/t13-,14-/m0/s1. The molecule has 0 aromatic rings. The first-order chi connectivity index (χ1) is 10.1. The highest BCUT2D eigenvalue weighted by Gasteiger charge is 2.47. The van der Waals surface area contributed by atoms with Crippen molar-refractivity contribution in [2.45, 2.75) is 83.4 Å². The van der Waals surface area contributed by atoms with Crippen molar-refractivity contribution in [2.75, 3.05) is 5.75 Å². The Labute approximate surface area is 139 Å². The molecule has 0 radical (unpaired) electrons. The van der Waals surface area contributed by atoms with Gasteiger partial charge in [0.05, 0.1) is 10.9 Å². The number of aliphatic hydroxyl groups excluding tert-OH is 1. The van der Waals surface area contributed by atoms with E-state index in [9.17, 15) is 9.90 Å². The second kappa shape index (κ2) is 7.61. The van der Waals surface area contributed by atoms with Crippen molar-refractivity contribution in [3.8, 4) is 11.8 Å². The molecule has 1 aliphatic heterocycles. The molecular weight excluding hydrogens is 298 g/mol. The van der Waals surface area contributed by atoms with Gasteiger partial charge in [0.15, 0.2) is 0 Å².